The molecule has 148 valence electrons. The van der Waals surface area contributed by atoms with Gasteiger partial charge in [-0.25, -0.2) is 0 Å². The van der Waals surface area contributed by atoms with Gasteiger partial charge in [0, 0.05) is 30.7 Å². The van der Waals surface area contributed by atoms with Crippen molar-refractivity contribution in [3.63, 3.8) is 0 Å². The highest BCUT2D eigenvalue weighted by atomic mass is 35.5. The van der Waals surface area contributed by atoms with Crippen molar-refractivity contribution in [2.24, 2.45) is 0 Å². The van der Waals surface area contributed by atoms with E-state index in [0.717, 1.165) is 28.0 Å². The lowest BCUT2D eigenvalue weighted by molar-refractivity contribution is -0.127. The Morgan fingerprint density at radius 1 is 1.36 bits per heavy atom. The largest absolute Gasteiger partial charge is 0.496 e. The lowest BCUT2D eigenvalue weighted by atomic mass is 10.2. The first-order chi connectivity index (χ1) is 13.5. The molecule has 0 N–H and O–H groups in total. The van der Waals surface area contributed by atoms with Gasteiger partial charge in [0.25, 0.3) is 0 Å². The highest BCUT2D eigenvalue weighted by Gasteiger charge is 2.17. The molecule has 0 radical (unpaired) electrons. The van der Waals surface area contributed by atoms with Crippen LogP contribution >= 0.6 is 34.7 Å². The maximum atomic E-state index is 12.6. The lowest BCUT2D eigenvalue weighted by Gasteiger charge is -2.19. The van der Waals surface area contributed by atoms with Crippen molar-refractivity contribution in [2.45, 2.75) is 25.2 Å². The molecule has 0 atom stereocenters. The fourth-order valence-corrected chi connectivity index (χ4v) is 4.57. The summed E-state index contributed by atoms with van der Waals surface area (Å²) in [7, 11) is 3.37. The van der Waals surface area contributed by atoms with Gasteiger partial charge >= 0.3 is 0 Å². The smallest absolute Gasteiger partial charge is 0.233 e. The standard InChI is InChI=1S/C19H21ClN4O2S2/c1-4-24-18(16-6-5-9-27-16)21-22-19(24)28-12-17(25)23(2)11-13-10-14(20)7-8-15(13)26-3/h5-10H,4,11-12H2,1-3H3. The molecule has 3 rings (SSSR count). The number of halogens is 1. The van der Waals surface area contributed by atoms with Gasteiger partial charge in [-0.15, -0.1) is 21.5 Å². The molecule has 9 heteroatoms. The van der Waals surface area contributed by atoms with Crippen LogP contribution in [0.1, 0.15) is 12.5 Å². The molecule has 0 saturated heterocycles. The molecular weight excluding hydrogens is 416 g/mol. The molecule has 1 amide bonds. The van der Waals surface area contributed by atoms with Gasteiger partial charge in [0.05, 0.1) is 17.7 Å². The Morgan fingerprint density at radius 2 is 2.18 bits per heavy atom. The van der Waals surface area contributed by atoms with E-state index in [9.17, 15) is 4.79 Å². The number of aromatic nitrogens is 3. The highest BCUT2D eigenvalue weighted by molar-refractivity contribution is 7.99. The number of ether oxygens (including phenoxy) is 1. The molecule has 0 aliphatic carbocycles. The number of methoxy groups -OCH3 is 1. The van der Waals surface area contributed by atoms with Crippen LogP contribution in [0.5, 0.6) is 5.75 Å². The summed E-state index contributed by atoms with van der Waals surface area (Å²) < 4.78 is 7.39. The minimum Gasteiger partial charge on any atom is -0.496 e. The molecule has 0 aliphatic rings. The quantitative estimate of drug-likeness (QED) is 0.488. The van der Waals surface area contributed by atoms with Crippen molar-refractivity contribution in [3.05, 3.63) is 46.3 Å². The number of rotatable bonds is 8. The second-order valence-corrected chi connectivity index (χ2v) is 8.35. The highest BCUT2D eigenvalue weighted by Crippen LogP contribution is 2.28. The number of carbonyl (C=O) groups excluding carboxylic acids is 1. The lowest BCUT2D eigenvalue weighted by Crippen LogP contribution is -2.28. The first-order valence-electron chi connectivity index (χ1n) is 8.69. The number of nitrogens with zero attached hydrogens (tertiary/aromatic N) is 4. The van der Waals surface area contributed by atoms with Crippen molar-refractivity contribution in [1.82, 2.24) is 19.7 Å². The Labute approximate surface area is 177 Å². The molecule has 6 nitrogen and oxygen atoms in total. The summed E-state index contributed by atoms with van der Waals surface area (Å²) in [6.07, 6.45) is 0. The number of hydrogen-bond acceptors (Lipinski definition) is 6. The molecule has 0 unspecified atom stereocenters. The van der Waals surface area contributed by atoms with E-state index < -0.39 is 0 Å². The van der Waals surface area contributed by atoms with Crippen LogP contribution in [0.15, 0.2) is 40.9 Å². The molecule has 1 aromatic carbocycles. The van der Waals surface area contributed by atoms with Crippen LogP contribution in [0.3, 0.4) is 0 Å². The van der Waals surface area contributed by atoms with Crippen molar-refractivity contribution < 1.29 is 9.53 Å². The summed E-state index contributed by atoms with van der Waals surface area (Å²) >= 11 is 9.09. The van der Waals surface area contributed by atoms with Crippen LogP contribution in [-0.4, -0.2) is 45.5 Å². The molecule has 0 spiro atoms. The Bertz CT molecular complexity index is 944. The molecule has 2 aromatic heterocycles. The van der Waals surface area contributed by atoms with Crippen LogP contribution in [0.4, 0.5) is 0 Å². The van der Waals surface area contributed by atoms with E-state index in [-0.39, 0.29) is 11.7 Å². The van der Waals surface area contributed by atoms with Gasteiger partial charge in [-0.2, -0.15) is 0 Å². The second-order valence-electron chi connectivity index (χ2n) is 6.02. The van der Waals surface area contributed by atoms with Crippen molar-refractivity contribution in [2.75, 3.05) is 19.9 Å². The molecule has 28 heavy (non-hydrogen) atoms. The van der Waals surface area contributed by atoms with Gasteiger partial charge in [-0.1, -0.05) is 29.4 Å². The normalized spacial score (nSPS) is 10.9. The number of carbonyl (C=O) groups is 1. The van der Waals surface area contributed by atoms with E-state index in [1.54, 1.807) is 42.5 Å². The predicted molar refractivity (Wildman–Crippen MR) is 114 cm³/mol. The van der Waals surface area contributed by atoms with E-state index in [1.807, 2.05) is 35.1 Å². The van der Waals surface area contributed by atoms with Gasteiger partial charge < -0.3 is 14.2 Å². The number of thiophene rings is 1. The van der Waals surface area contributed by atoms with Crippen LogP contribution in [0, 0.1) is 0 Å². The SMILES string of the molecule is CCn1c(SCC(=O)N(C)Cc2cc(Cl)ccc2OC)nnc1-c1cccs1. The zero-order valence-electron chi connectivity index (χ0n) is 15.9. The van der Waals surface area contributed by atoms with Crippen molar-refractivity contribution in [1.29, 1.82) is 0 Å². The van der Waals surface area contributed by atoms with E-state index in [0.29, 0.717) is 17.3 Å². The third-order valence-electron chi connectivity index (χ3n) is 4.18. The topological polar surface area (TPSA) is 60.2 Å². The minimum absolute atomic E-state index is 0.00430. The van der Waals surface area contributed by atoms with Gasteiger partial charge in [0.15, 0.2) is 11.0 Å². The molecule has 0 aliphatic heterocycles. The summed E-state index contributed by atoms with van der Waals surface area (Å²) in [4.78, 5) is 15.3. The first kappa shape index (κ1) is 20.7. The van der Waals surface area contributed by atoms with Crippen molar-refractivity contribution in [3.8, 4) is 16.5 Å². The maximum Gasteiger partial charge on any atom is 0.233 e. The average molecular weight is 437 g/mol. The fraction of sp³-hybridized carbons (Fsp3) is 0.316. The summed E-state index contributed by atoms with van der Waals surface area (Å²) in [5.41, 5.74) is 0.868. The number of amides is 1. The Balaban J connectivity index is 1.65. The van der Waals surface area contributed by atoms with E-state index >= 15 is 0 Å². The van der Waals surface area contributed by atoms with Crippen LogP contribution in [0.2, 0.25) is 5.02 Å². The third kappa shape index (κ3) is 4.68. The molecule has 0 fully saturated rings. The number of benzene rings is 1. The van der Waals surface area contributed by atoms with Gasteiger partial charge in [-0.3, -0.25) is 4.79 Å². The summed E-state index contributed by atoms with van der Waals surface area (Å²) in [5.74, 6) is 1.82. The van der Waals surface area contributed by atoms with Crippen molar-refractivity contribution >= 4 is 40.6 Å². The predicted octanol–water partition coefficient (Wildman–Crippen LogP) is 4.44. The van der Waals surface area contributed by atoms with Gasteiger partial charge in [0.2, 0.25) is 5.91 Å². The second kappa shape index (κ2) is 9.45. The van der Waals surface area contributed by atoms with Crippen LogP contribution in [0.25, 0.3) is 10.7 Å². The Hall–Kier alpha value is -2.03. The number of thioether (sulfide) groups is 1. The van der Waals surface area contributed by atoms with Crippen LogP contribution < -0.4 is 4.74 Å². The zero-order chi connectivity index (χ0) is 20.1. The fourth-order valence-electron chi connectivity index (χ4n) is 2.72. The summed E-state index contributed by atoms with van der Waals surface area (Å²) in [6.45, 7) is 3.21. The number of hydrogen-bond donors (Lipinski definition) is 0. The van der Waals surface area contributed by atoms with E-state index in [4.69, 9.17) is 16.3 Å². The minimum atomic E-state index is -0.00430. The maximum absolute atomic E-state index is 12.6. The average Bonchev–Trinajstić information content (AvgIpc) is 3.35. The van der Waals surface area contributed by atoms with E-state index in [2.05, 4.69) is 10.2 Å². The Kier molecular flexibility index (Phi) is 6.98. The molecule has 0 bridgehead atoms. The summed E-state index contributed by atoms with van der Waals surface area (Å²) in [6, 6.07) is 9.40. The third-order valence-corrected chi connectivity index (χ3v) is 6.23. The monoisotopic (exact) mass is 436 g/mol. The molecule has 3 aromatic rings. The molecular formula is C19H21ClN4O2S2. The van der Waals surface area contributed by atoms with Gasteiger partial charge in [0.1, 0.15) is 5.75 Å². The molecule has 0 saturated carbocycles. The van der Waals surface area contributed by atoms with Crippen LogP contribution in [-0.2, 0) is 17.9 Å². The summed E-state index contributed by atoms with van der Waals surface area (Å²) in [5, 5.41) is 11.9. The first-order valence-corrected chi connectivity index (χ1v) is 10.9. The Morgan fingerprint density at radius 3 is 2.86 bits per heavy atom. The molecule has 2 heterocycles. The van der Waals surface area contributed by atoms with E-state index in [1.165, 1.54) is 11.8 Å². The van der Waals surface area contributed by atoms with Gasteiger partial charge in [-0.05, 0) is 36.6 Å². The zero-order valence-corrected chi connectivity index (χ0v) is 18.3.